The predicted molar refractivity (Wildman–Crippen MR) is 249 cm³/mol. The molecule has 1 saturated heterocycles. The van der Waals surface area contributed by atoms with Crippen molar-refractivity contribution in [1.82, 2.24) is 15.1 Å². The molecule has 0 spiro atoms. The maximum absolute atomic E-state index is 13.9. The highest BCUT2D eigenvalue weighted by Crippen LogP contribution is 2.34. The molecule has 2 aliphatic rings. The summed E-state index contributed by atoms with van der Waals surface area (Å²) in [4.78, 5) is 42.8. The first kappa shape index (κ1) is 44.7. The van der Waals surface area contributed by atoms with Crippen LogP contribution in [0.25, 0.3) is 11.6 Å². The van der Waals surface area contributed by atoms with Crippen LogP contribution in [0.1, 0.15) is 80.6 Å². The largest absolute Gasteiger partial charge is 0.506 e. The average Bonchev–Trinajstić information content (AvgIpc) is 3.33. The van der Waals surface area contributed by atoms with Gasteiger partial charge < -0.3 is 30.5 Å². The number of rotatable bonds is 18. The van der Waals surface area contributed by atoms with E-state index >= 15 is 0 Å². The lowest BCUT2D eigenvalue weighted by molar-refractivity contribution is -0.146. The summed E-state index contributed by atoms with van der Waals surface area (Å²) in [5.41, 5.74) is 8.59. The number of amides is 1. The Morgan fingerprint density at radius 1 is 0.857 bits per heavy atom. The molecule has 5 aromatic carbocycles. The van der Waals surface area contributed by atoms with Crippen molar-refractivity contribution in [3.8, 4) is 5.75 Å². The molecular weight excluding hydrogens is 789 g/mol. The molecule has 63 heavy (non-hydrogen) atoms. The molecule has 0 aliphatic carbocycles. The van der Waals surface area contributed by atoms with Crippen LogP contribution in [0, 0.1) is 5.92 Å². The highest BCUT2D eigenvalue weighted by molar-refractivity contribution is 5.95. The van der Waals surface area contributed by atoms with Crippen LogP contribution in [0.15, 0.2) is 133 Å². The summed E-state index contributed by atoms with van der Waals surface area (Å²) in [6.45, 7) is 5.31. The normalized spacial score (nSPS) is 15.7. The SMILES string of the molecule is CNc1c(O)ccc(C(O)CNCCc2ccc(C(=O)N3CC=C(c4cccc(C(C(=O)OCC5CCN(Cc6ccccc6)CC5)c5ccccc5)c4)CC3)cc2)c1/C=C\C=O. The van der Waals surface area contributed by atoms with Crippen molar-refractivity contribution in [3.05, 3.63) is 178 Å². The fourth-order valence-corrected chi connectivity index (χ4v) is 8.65. The Labute approximate surface area is 370 Å². The Morgan fingerprint density at radius 3 is 2.29 bits per heavy atom. The molecule has 0 saturated carbocycles. The molecule has 2 atom stereocenters. The van der Waals surface area contributed by atoms with Crippen molar-refractivity contribution < 1.29 is 29.3 Å². The van der Waals surface area contributed by atoms with E-state index in [2.05, 4.69) is 58.0 Å². The van der Waals surface area contributed by atoms with Gasteiger partial charge in [-0.2, -0.15) is 0 Å². The maximum Gasteiger partial charge on any atom is 0.317 e. The number of phenolic OH excluding ortho intramolecular Hbond substituents is 1. The van der Waals surface area contributed by atoms with E-state index in [-0.39, 0.29) is 24.2 Å². The lowest BCUT2D eigenvalue weighted by atomic mass is 9.88. The van der Waals surface area contributed by atoms with E-state index in [1.54, 1.807) is 19.2 Å². The quantitative estimate of drug-likeness (QED) is 0.0228. The van der Waals surface area contributed by atoms with Crippen molar-refractivity contribution >= 4 is 35.5 Å². The number of hydrogen-bond donors (Lipinski definition) is 4. The number of anilines is 1. The molecule has 2 unspecified atom stereocenters. The third-order valence-electron chi connectivity index (χ3n) is 12.2. The number of aliphatic hydroxyl groups excluding tert-OH is 1. The van der Waals surface area contributed by atoms with Gasteiger partial charge in [-0.1, -0.05) is 109 Å². The third kappa shape index (κ3) is 11.8. The first-order valence-electron chi connectivity index (χ1n) is 22.0. The zero-order valence-corrected chi connectivity index (χ0v) is 36.0. The lowest BCUT2D eigenvalue weighted by Crippen LogP contribution is -2.35. The van der Waals surface area contributed by atoms with E-state index in [0.29, 0.717) is 73.7 Å². The number of ether oxygens (including phenoxy) is 1. The van der Waals surface area contributed by atoms with Crippen LogP contribution in [0.5, 0.6) is 5.75 Å². The summed E-state index contributed by atoms with van der Waals surface area (Å²) < 4.78 is 6.11. The molecule has 7 rings (SSSR count). The molecule has 1 fully saturated rings. The molecule has 0 radical (unpaired) electrons. The molecule has 2 heterocycles. The number of allylic oxidation sites excluding steroid dienone is 1. The van der Waals surface area contributed by atoms with Gasteiger partial charge in [0, 0.05) is 44.4 Å². The summed E-state index contributed by atoms with van der Waals surface area (Å²) in [5.74, 6) is -0.416. The van der Waals surface area contributed by atoms with E-state index in [4.69, 9.17) is 4.74 Å². The van der Waals surface area contributed by atoms with Crippen molar-refractivity contribution in [2.45, 2.75) is 44.2 Å². The van der Waals surface area contributed by atoms with Crippen LogP contribution in [0.2, 0.25) is 0 Å². The number of nitrogens with zero attached hydrogens (tertiary/aromatic N) is 2. The minimum absolute atomic E-state index is 0.0186. The molecule has 0 bridgehead atoms. The summed E-state index contributed by atoms with van der Waals surface area (Å²) in [6, 6.07) is 39.5. The number of likely N-dealkylation sites (tertiary alicyclic amines) is 1. The molecule has 0 aromatic heterocycles. The minimum Gasteiger partial charge on any atom is -0.506 e. The number of carbonyl (C=O) groups excluding carboxylic acids is 3. The van der Waals surface area contributed by atoms with E-state index < -0.39 is 12.0 Å². The molecule has 4 N–H and O–H groups in total. The number of nitrogens with one attached hydrogen (secondary N) is 2. The Bertz CT molecular complexity index is 2360. The van der Waals surface area contributed by atoms with Gasteiger partial charge in [-0.3, -0.25) is 19.3 Å². The molecule has 10 nitrogen and oxygen atoms in total. The summed E-state index contributed by atoms with van der Waals surface area (Å²) in [6.07, 6.45) is 8.21. The van der Waals surface area contributed by atoms with Crippen molar-refractivity contribution in [3.63, 3.8) is 0 Å². The Kier molecular flexibility index (Phi) is 15.7. The first-order chi connectivity index (χ1) is 30.8. The molecule has 5 aromatic rings. The van der Waals surface area contributed by atoms with Crippen LogP contribution in [0.3, 0.4) is 0 Å². The second-order valence-electron chi connectivity index (χ2n) is 16.4. The number of carbonyl (C=O) groups is 3. The number of aromatic hydroxyl groups is 1. The first-order valence-corrected chi connectivity index (χ1v) is 22.0. The molecule has 326 valence electrons. The van der Waals surface area contributed by atoms with E-state index in [1.165, 1.54) is 17.7 Å². The minimum atomic E-state index is -0.864. The van der Waals surface area contributed by atoms with Gasteiger partial charge in [0.05, 0.1) is 18.4 Å². The number of piperidine rings is 1. The Hall–Kier alpha value is -6.33. The van der Waals surface area contributed by atoms with Gasteiger partial charge in [-0.05, 0) is 121 Å². The Balaban J connectivity index is 0.907. The number of aliphatic hydroxyl groups is 1. The Morgan fingerprint density at radius 2 is 1.59 bits per heavy atom. The monoisotopic (exact) mass is 846 g/mol. The van der Waals surface area contributed by atoms with Gasteiger partial charge in [0.25, 0.3) is 5.91 Å². The second-order valence-corrected chi connectivity index (χ2v) is 16.4. The fourth-order valence-electron chi connectivity index (χ4n) is 8.65. The van der Waals surface area contributed by atoms with Gasteiger partial charge in [-0.15, -0.1) is 0 Å². The van der Waals surface area contributed by atoms with Gasteiger partial charge in [0.1, 0.15) is 18.0 Å². The number of hydrogen-bond acceptors (Lipinski definition) is 9. The number of aldehydes is 1. The number of phenols is 1. The van der Waals surface area contributed by atoms with Gasteiger partial charge in [-0.25, -0.2) is 0 Å². The summed E-state index contributed by atoms with van der Waals surface area (Å²) in [7, 11) is 1.67. The van der Waals surface area contributed by atoms with Crippen LogP contribution in [-0.4, -0.2) is 91.1 Å². The molecule has 1 amide bonds. The van der Waals surface area contributed by atoms with Crippen molar-refractivity contribution in [1.29, 1.82) is 0 Å². The average molecular weight is 847 g/mol. The molecule has 2 aliphatic heterocycles. The number of esters is 1. The van der Waals surface area contributed by atoms with Crippen LogP contribution in [-0.2, 0) is 27.3 Å². The van der Waals surface area contributed by atoms with E-state index in [1.807, 2.05) is 77.7 Å². The highest BCUT2D eigenvalue weighted by atomic mass is 16.5. The molecule has 10 heteroatoms. The summed E-state index contributed by atoms with van der Waals surface area (Å²) in [5, 5.41) is 27.4. The van der Waals surface area contributed by atoms with Crippen LogP contribution in [0.4, 0.5) is 5.69 Å². The van der Waals surface area contributed by atoms with Crippen molar-refractivity contribution in [2.75, 3.05) is 58.2 Å². The fraction of sp³-hybridized carbons (Fsp3) is 0.302. The van der Waals surface area contributed by atoms with Crippen molar-refractivity contribution in [2.24, 2.45) is 5.92 Å². The standard InChI is InChI=1S/C53H58N4O6/c1-54-51-47(16-9-33-58)46(21-22-48(51)59)49(60)35-55-28-23-38-17-19-43(20-18-38)52(61)57-31-26-41(27-32-57)44-14-8-15-45(34-44)50(42-12-6-3-7-13-42)53(62)63-37-40-24-29-56(30-25-40)36-39-10-4-2-5-11-39/h2-22,26,33-34,40,49-50,54-55,59-60H,23-25,27-32,35-37H2,1H3/b16-9-. The summed E-state index contributed by atoms with van der Waals surface area (Å²) >= 11 is 0. The van der Waals surface area contributed by atoms with Gasteiger partial charge in [0.2, 0.25) is 0 Å². The van der Waals surface area contributed by atoms with E-state index in [9.17, 15) is 24.6 Å². The van der Waals surface area contributed by atoms with Crippen LogP contribution < -0.4 is 10.6 Å². The topological polar surface area (TPSA) is 131 Å². The van der Waals surface area contributed by atoms with Gasteiger partial charge >= 0.3 is 5.97 Å². The smallest absolute Gasteiger partial charge is 0.317 e. The van der Waals surface area contributed by atoms with E-state index in [0.717, 1.165) is 60.3 Å². The number of benzene rings is 5. The zero-order chi connectivity index (χ0) is 44.0. The second kappa shape index (κ2) is 22.2. The third-order valence-corrected chi connectivity index (χ3v) is 12.2. The highest BCUT2D eigenvalue weighted by Gasteiger charge is 2.28. The molecular formula is C53H58N4O6. The zero-order valence-electron chi connectivity index (χ0n) is 36.0. The lowest BCUT2D eigenvalue weighted by Gasteiger charge is -2.32. The van der Waals surface area contributed by atoms with Gasteiger partial charge in [0.15, 0.2) is 0 Å². The maximum atomic E-state index is 13.9. The predicted octanol–water partition coefficient (Wildman–Crippen LogP) is 8.03. The van der Waals surface area contributed by atoms with Crippen LogP contribution >= 0.6 is 0 Å².